The fraction of sp³-hybridized carbons (Fsp3) is 0.0417. The second-order valence-corrected chi connectivity index (χ2v) is 6.33. The summed E-state index contributed by atoms with van der Waals surface area (Å²) in [5, 5.41) is 7.57. The Balaban J connectivity index is 1.84. The Morgan fingerprint density at radius 3 is 2.15 bits per heavy atom. The predicted molar refractivity (Wildman–Crippen MR) is 111 cm³/mol. The Kier molecular flexibility index (Phi) is 4.24. The molecule has 4 rings (SSSR count). The molecular weight excluding hydrogens is 318 g/mol. The Hall–Kier alpha value is -3.39. The van der Waals surface area contributed by atoms with Gasteiger partial charge in [-0.25, -0.2) is 0 Å². The van der Waals surface area contributed by atoms with E-state index in [0.29, 0.717) is 0 Å². The maximum absolute atomic E-state index is 11.6. The molecule has 0 fully saturated rings. The first-order valence-electron chi connectivity index (χ1n) is 8.67. The molecule has 0 aliphatic rings. The van der Waals surface area contributed by atoms with Crippen molar-refractivity contribution >= 4 is 45.3 Å². The molecule has 2 heteroatoms. The van der Waals surface area contributed by atoms with Crippen molar-refractivity contribution in [3.05, 3.63) is 90.0 Å². The van der Waals surface area contributed by atoms with E-state index in [-0.39, 0.29) is 5.91 Å². The van der Waals surface area contributed by atoms with Crippen molar-refractivity contribution in [2.75, 3.05) is 5.32 Å². The monoisotopic (exact) mass is 337 g/mol. The van der Waals surface area contributed by atoms with Crippen molar-refractivity contribution in [2.45, 2.75) is 6.92 Å². The van der Waals surface area contributed by atoms with Gasteiger partial charge in [0.2, 0.25) is 5.91 Å². The summed E-state index contributed by atoms with van der Waals surface area (Å²) >= 11 is 0. The van der Waals surface area contributed by atoms with Crippen molar-refractivity contribution in [1.82, 2.24) is 0 Å². The molecule has 1 amide bonds. The van der Waals surface area contributed by atoms with Crippen molar-refractivity contribution < 1.29 is 4.79 Å². The number of amides is 1. The average Bonchev–Trinajstić information content (AvgIpc) is 2.66. The standard InChI is InChI=1S/C24H19NO/c1-17(26)25-23-14-6-12-20-10-5-11-21(24(20)23)16-15-19-9-4-8-18-7-2-3-13-22(18)19/h2-16H,1H3,(H,25,26)/b16-15+. The van der Waals surface area contributed by atoms with Crippen LogP contribution in [0.2, 0.25) is 0 Å². The van der Waals surface area contributed by atoms with Gasteiger partial charge in [-0.2, -0.15) is 0 Å². The number of carbonyl (C=O) groups is 1. The molecule has 0 atom stereocenters. The molecule has 0 saturated heterocycles. The van der Waals surface area contributed by atoms with Gasteiger partial charge in [0.1, 0.15) is 0 Å². The number of hydrogen-bond acceptors (Lipinski definition) is 1. The van der Waals surface area contributed by atoms with Gasteiger partial charge < -0.3 is 5.32 Å². The van der Waals surface area contributed by atoms with E-state index >= 15 is 0 Å². The van der Waals surface area contributed by atoms with Gasteiger partial charge in [-0.15, -0.1) is 0 Å². The third-order valence-corrected chi connectivity index (χ3v) is 4.51. The molecule has 2 nitrogen and oxygen atoms in total. The minimum Gasteiger partial charge on any atom is -0.326 e. The van der Waals surface area contributed by atoms with E-state index < -0.39 is 0 Å². The van der Waals surface area contributed by atoms with Crippen molar-refractivity contribution in [3.8, 4) is 0 Å². The molecule has 4 aromatic rings. The van der Waals surface area contributed by atoms with Crippen LogP contribution in [0.1, 0.15) is 18.1 Å². The minimum absolute atomic E-state index is 0.0645. The predicted octanol–water partition coefficient (Wildman–Crippen LogP) is 6.12. The summed E-state index contributed by atoms with van der Waals surface area (Å²) in [5.41, 5.74) is 3.10. The Labute approximate surface area is 152 Å². The highest BCUT2D eigenvalue weighted by Gasteiger charge is 2.06. The summed E-state index contributed by atoms with van der Waals surface area (Å²) < 4.78 is 0. The first kappa shape index (κ1) is 16.1. The highest BCUT2D eigenvalue weighted by molar-refractivity contribution is 6.06. The molecule has 0 saturated carbocycles. The molecule has 26 heavy (non-hydrogen) atoms. The van der Waals surface area contributed by atoms with Gasteiger partial charge in [-0.05, 0) is 33.4 Å². The zero-order chi connectivity index (χ0) is 17.9. The van der Waals surface area contributed by atoms with Gasteiger partial charge in [0.25, 0.3) is 0 Å². The SMILES string of the molecule is CC(=O)Nc1cccc2cccc(/C=C/c3cccc4ccccc34)c12. The molecule has 0 aliphatic carbocycles. The first-order chi connectivity index (χ1) is 12.7. The van der Waals surface area contributed by atoms with Crippen molar-refractivity contribution in [2.24, 2.45) is 0 Å². The first-order valence-corrected chi connectivity index (χ1v) is 8.67. The van der Waals surface area contributed by atoms with E-state index in [1.165, 1.54) is 23.3 Å². The second-order valence-electron chi connectivity index (χ2n) is 6.33. The van der Waals surface area contributed by atoms with Gasteiger partial charge in [-0.1, -0.05) is 84.9 Å². The fourth-order valence-corrected chi connectivity index (χ4v) is 3.38. The van der Waals surface area contributed by atoms with Crippen LogP contribution in [0.5, 0.6) is 0 Å². The number of benzene rings is 4. The molecule has 0 aliphatic heterocycles. The third-order valence-electron chi connectivity index (χ3n) is 4.51. The van der Waals surface area contributed by atoms with Crippen LogP contribution in [0.25, 0.3) is 33.7 Å². The maximum Gasteiger partial charge on any atom is 0.221 e. The van der Waals surface area contributed by atoms with Crippen molar-refractivity contribution in [3.63, 3.8) is 0 Å². The van der Waals surface area contributed by atoms with Gasteiger partial charge in [0.15, 0.2) is 0 Å². The molecule has 0 spiro atoms. The van der Waals surface area contributed by atoms with Gasteiger partial charge in [0, 0.05) is 18.0 Å². The summed E-state index contributed by atoms with van der Waals surface area (Å²) in [5.74, 6) is -0.0645. The molecule has 1 N–H and O–H groups in total. The summed E-state index contributed by atoms with van der Waals surface area (Å²) in [4.78, 5) is 11.6. The lowest BCUT2D eigenvalue weighted by Gasteiger charge is -2.10. The lowest BCUT2D eigenvalue weighted by Crippen LogP contribution is -2.06. The molecule has 0 bridgehead atoms. The number of rotatable bonds is 3. The van der Waals surface area contributed by atoms with Crippen LogP contribution in [0.3, 0.4) is 0 Å². The second kappa shape index (κ2) is 6.85. The van der Waals surface area contributed by atoms with Crippen LogP contribution in [-0.2, 0) is 4.79 Å². The molecule has 0 heterocycles. The Bertz CT molecular complexity index is 1130. The highest BCUT2D eigenvalue weighted by atomic mass is 16.1. The average molecular weight is 337 g/mol. The van der Waals surface area contributed by atoms with Crippen LogP contribution in [0.15, 0.2) is 78.9 Å². The van der Waals surface area contributed by atoms with Crippen LogP contribution in [0, 0.1) is 0 Å². The summed E-state index contributed by atoms with van der Waals surface area (Å²) in [6.45, 7) is 1.54. The van der Waals surface area contributed by atoms with E-state index in [2.05, 4.69) is 78.1 Å². The van der Waals surface area contributed by atoms with E-state index in [0.717, 1.165) is 22.0 Å². The maximum atomic E-state index is 11.6. The molecule has 4 aromatic carbocycles. The van der Waals surface area contributed by atoms with Crippen LogP contribution in [-0.4, -0.2) is 5.91 Å². The van der Waals surface area contributed by atoms with Crippen LogP contribution in [0.4, 0.5) is 5.69 Å². The van der Waals surface area contributed by atoms with E-state index in [1.807, 2.05) is 18.2 Å². The number of carbonyl (C=O) groups excluding carboxylic acids is 1. The van der Waals surface area contributed by atoms with E-state index in [9.17, 15) is 4.79 Å². The summed E-state index contributed by atoms with van der Waals surface area (Å²) in [6.07, 6.45) is 4.26. The van der Waals surface area contributed by atoms with Crippen LogP contribution < -0.4 is 5.32 Å². The van der Waals surface area contributed by atoms with E-state index in [4.69, 9.17) is 0 Å². The van der Waals surface area contributed by atoms with Gasteiger partial charge in [-0.3, -0.25) is 4.79 Å². The largest absolute Gasteiger partial charge is 0.326 e. The normalized spacial score (nSPS) is 11.3. The highest BCUT2D eigenvalue weighted by Crippen LogP contribution is 2.29. The fourth-order valence-electron chi connectivity index (χ4n) is 3.38. The van der Waals surface area contributed by atoms with Gasteiger partial charge >= 0.3 is 0 Å². The molecule has 126 valence electrons. The quantitative estimate of drug-likeness (QED) is 0.448. The van der Waals surface area contributed by atoms with E-state index in [1.54, 1.807) is 0 Å². The lowest BCUT2D eigenvalue weighted by atomic mass is 10.00. The Morgan fingerprint density at radius 2 is 1.35 bits per heavy atom. The lowest BCUT2D eigenvalue weighted by molar-refractivity contribution is -0.114. The number of anilines is 1. The minimum atomic E-state index is -0.0645. The van der Waals surface area contributed by atoms with Crippen LogP contribution >= 0.6 is 0 Å². The van der Waals surface area contributed by atoms with Crippen molar-refractivity contribution in [1.29, 1.82) is 0 Å². The number of fused-ring (bicyclic) bond motifs is 2. The molecular formula is C24H19NO. The Morgan fingerprint density at radius 1 is 0.731 bits per heavy atom. The summed E-state index contributed by atoms with van der Waals surface area (Å²) in [7, 11) is 0. The zero-order valence-corrected chi connectivity index (χ0v) is 14.6. The zero-order valence-electron chi connectivity index (χ0n) is 14.6. The topological polar surface area (TPSA) is 29.1 Å². The van der Waals surface area contributed by atoms with Gasteiger partial charge in [0.05, 0.1) is 0 Å². The summed E-state index contributed by atoms with van der Waals surface area (Å²) in [6, 6.07) is 26.9. The molecule has 0 radical (unpaired) electrons. The number of nitrogens with one attached hydrogen (secondary N) is 1. The molecule has 0 unspecified atom stereocenters. The number of hydrogen-bond donors (Lipinski definition) is 1. The molecule has 0 aromatic heterocycles. The smallest absolute Gasteiger partial charge is 0.221 e. The third kappa shape index (κ3) is 3.09.